The summed E-state index contributed by atoms with van der Waals surface area (Å²) in [5.74, 6) is 0.640. The number of imide groups is 1. The average molecular weight is 338 g/mol. The van der Waals surface area contributed by atoms with Gasteiger partial charge in [0.2, 0.25) is 5.91 Å². The second-order valence-corrected chi connectivity index (χ2v) is 6.22. The van der Waals surface area contributed by atoms with Crippen LogP contribution in [0.5, 0.6) is 5.75 Å². The van der Waals surface area contributed by atoms with E-state index in [1.54, 1.807) is 12.0 Å². The Kier molecular flexibility index (Phi) is 5.03. The summed E-state index contributed by atoms with van der Waals surface area (Å²) in [5.41, 5.74) is 4.31. The highest BCUT2D eigenvalue weighted by Gasteiger charge is 2.25. The van der Waals surface area contributed by atoms with Gasteiger partial charge in [-0.15, -0.1) is 0 Å². The van der Waals surface area contributed by atoms with Crippen molar-refractivity contribution in [2.45, 2.75) is 26.2 Å². The topological polar surface area (TPSA) is 58.6 Å². The van der Waals surface area contributed by atoms with Gasteiger partial charge in [-0.3, -0.25) is 15.0 Å². The molecule has 0 aliphatic carbocycles. The van der Waals surface area contributed by atoms with E-state index >= 15 is 0 Å². The highest BCUT2D eigenvalue weighted by atomic mass is 16.5. The van der Waals surface area contributed by atoms with Gasteiger partial charge in [-0.05, 0) is 54.7 Å². The van der Waals surface area contributed by atoms with E-state index in [4.69, 9.17) is 4.74 Å². The molecule has 0 unspecified atom stereocenters. The van der Waals surface area contributed by atoms with Crippen molar-refractivity contribution in [2.24, 2.45) is 0 Å². The molecule has 0 bridgehead atoms. The monoisotopic (exact) mass is 338 g/mol. The van der Waals surface area contributed by atoms with E-state index in [1.165, 1.54) is 11.1 Å². The van der Waals surface area contributed by atoms with Gasteiger partial charge in [-0.25, -0.2) is 4.79 Å². The first-order valence-corrected chi connectivity index (χ1v) is 8.40. The number of ether oxygens (including phenoxy) is 1. The molecular formula is C20H22N2O3. The molecule has 0 aromatic heterocycles. The second kappa shape index (κ2) is 7.38. The van der Waals surface area contributed by atoms with Gasteiger partial charge >= 0.3 is 6.03 Å². The molecule has 1 saturated heterocycles. The molecular weight excluding hydrogens is 316 g/mol. The molecule has 2 aromatic carbocycles. The van der Waals surface area contributed by atoms with Gasteiger partial charge in [-0.1, -0.05) is 24.3 Å². The Hall–Kier alpha value is -2.82. The lowest BCUT2D eigenvalue weighted by Crippen LogP contribution is -2.49. The molecule has 3 amide bonds. The van der Waals surface area contributed by atoms with E-state index < -0.39 is 0 Å². The van der Waals surface area contributed by atoms with E-state index in [-0.39, 0.29) is 11.9 Å². The number of anilines is 1. The van der Waals surface area contributed by atoms with Gasteiger partial charge in [0.15, 0.2) is 0 Å². The Bertz CT molecular complexity index is 784. The van der Waals surface area contributed by atoms with Crippen LogP contribution in [0.4, 0.5) is 10.5 Å². The number of methoxy groups -OCH3 is 1. The number of nitrogens with one attached hydrogen (secondary N) is 1. The fourth-order valence-electron chi connectivity index (χ4n) is 2.98. The summed E-state index contributed by atoms with van der Waals surface area (Å²) in [6.45, 7) is 2.40. The molecule has 1 fully saturated rings. The number of rotatable bonds is 5. The first-order chi connectivity index (χ1) is 12.1. The molecule has 1 N–H and O–H groups in total. The molecule has 130 valence electrons. The number of aryl methyl sites for hydroxylation is 3. The number of urea groups is 1. The molecule has 5 heteroatoms. The zero-order chi connectivity index (χ0) is 17.8. The van der Waals surface area contributed by atoms with Gasteiger partial charge in [0.25, 0.3) is 0 Å². The van der Waals surface area contributed by atoms with Crippen molar-refractivity contribution in [3.05, 3.63) is 59.2 Å². The lowest BCUT2D eigenvalue weighted by atomic mass is 10.0. The van der Waals surface area contributed by atoms with Gasteiger partial charge in [0.05, 0.1) is 7.11 Å². The fourth-order valence-corrected chi connectivity index (χ4v) is 2.98. The van der Waals surface area contributed by atoms with Crippen LogP contribution in [-0.2, 0) is 17.6 Å². The maximum Gasteiger partial charge on any atom is 0.328 e. The van der Waals surface area contributed by atoms with Gasteiger partial charge in [0.1, 0.15) is 5.75 Å². The van der Waals surface area contributed by atoms with Crippen LogP contribution in [-0.4, -0.2) is 25.6 Å². The van der Waals surface area contributed by atoms with Crippen molar-refractivity contribution in [3.8, 4) is 5.75 Å². The number of carbonyl (C=O) groups excluding carboxylic acids is 2. The summed E-state index contributed by atoms with van der Waals surface area (Å²) in [4.78, 5) is 25.1. The van der Waals surface area contributed by atoms with E-state index in [1.807, 2.05) is 31.2 Å². The molecule has 5 nitrogen and oxygen atoms in total. The van der Waals surface area contributed by atoms with Crippen LogP contribution in [0.2, 0.25) is 0 Å². The number of hydrogen-bond acceptors (Lipinski definition) is 3. The standard InChI is InChI=1S/C20H22N2O3/c1-14-3-4-16(6-5-15-7-9-17(25-2)10-8-15)13-18(14)22-12-11-19(23)21-20(22)24/h3-4,7-10,13H,5-6,11-12H2,1-2H3,(H,21,23,24). The summed E-state index contributed by atoms with van der Waals surface area (Å²) in [7, 11) is 1.66. The molecule has 0 atom stereocenters. The Morgan fingerprint density at radius 3 is 2.40 bits per heavy atom. The maximum absolute atomic E-state index is 12.1. The lowest BCUT2D eigenvalue weighted by Gasteiger charge is -2.28. The molecule has 1 aliphatic rings. The number of nitrogens with zero attached hydrogens (tertiary/aromatic N) is 1. The highest BCUT2D eigenvalue weighted by molar-refractivity contribution is 6.05. The van der Waals surface area contributed by atoms with E-state index in [0.29, 0.717) is 13.0 Å². The number of benzene rings is 2. The minimum Gasteiger partial charge on any atom is -0.497 e. The first-order valence-electron chi connectivity index (χ1n) is 8.40. The van der Waals surface area contributed by atoms with Crippen LogP contribution in [0.1, 0.15) is 23.1 Å². The summed E-state index contributed by atoms with van der Waals surface area (Å²) >= 11 is 0. The molecule has 0 spiro atoms. The molecule has 25 heavy (non-hydrogen) atoms. The van der Waals surface area contributed by atoms with Crippen molar-refractivity contribution in [1.82, 2.24) is 5.32 Å². The lowest BCUT2D eigenvalue weighted by molar-refractivity contribution is -0.120. The van der Waals surface area contributed by atoms with E-state index in [9.17, 15) is 9.59 Å². The van der Waals surface area contributed by atoms with Gasteiger partial charge in [0, 0.05) is 18.7 Å². The van der Waals surface area contributed by atoms with E-state index in [2.05, 4.69) is 23.5 Å². The van der Waals surface area contributed by atoms with Crippen molar-refractivity contribution in [2.75, 3.05) is 18.6 Å². The SMILES string of the molecule is COc1ccc(CCc2ccc(C)c(N3CCC(=O)NC3=O)c2)cc1. The molecule has 0 radical (unpaired) electrons. The van der Waals surface area contributed by atoms with Crippen LogP contribution < -0.4 is 15.0 Å². The van der Waals surface area contributed by atoms with Crippen molar-refractivity contribution < 1.29 is 14.3 Å². The molecule has 1 heterocycles. The summed E-state index contributed by atoms with van der Waals surface area (Å²) < 4.78 is 5.18. The quantitative estimate of drug-likeness (QED) is 0.910. The zero-order valence-corrected chi connectivity index (χ0v) is 14.5. The minimum absolute atomic E-state index is 0.213. The third kappa shape index (κ3) is 3.99. The van der Waals surface area contributed by atoms with E-state index in [0.717, 1.165) is 29.8 Å². The first kappa shape index (κ1) is 17.0. The second-order valence-electron chi connectivity index (χ2n) is 6.22. The average Bonchev–Trinajstić information content (AvgIpc) is 2.62. The summed E-state index contributed by atoms with van der Waals surface area (Å²) in [5, 5.41) is 2.38. The Morgan fingerprint density at radius 1 is 1.04 bits per heavy atom. The van der Waals surface area contributed by atoms with Gasteiger partial charge < -0.3 is 4.74 Å². The van der Waals surface area contributed by atoms with Crippen molar-refractivity contribution >= 4 is 17.6 Å². The number of hydrogen-bond donors (Lipinski definition) is 1. The fraction of sp³-hybridized carbons (Fsp3) is 0.300. The van der Waals surface area contributed by atoms with Crippen molar-refractivity contribution in [1.29, 1.82) is 0 Å². The smallest absolute Gasteiger partial charge is 0.328 e. The zero-order valence-electron chi connectivity index (χ0n) is 14.5. The minimum atomic E-state index is -0.341. The largest absolute Gasteiger partial charge is 0.497 e. The Balaban J connectivity index is 1.72. The maximum atomic E-state index is 12.1. The third-order valence-electron chi connectivity index (χ3n) is 4.48. The van der Waals surface area contributed by atoms with Crippen LogP contribution in [0.3, 0.4) is 0 Å². The Morgan fingerprint density at radius 2 is 1.72 bits per heavy atom. The van der Waals surface area contributed by atoms with Gasteiger partial charge in [-0.2, -0.15) is 0 Å². The third-order valence-corrected chi connectivity index (χ3v) is 4.48. The Labute approximate surface area is 147 Å². The summed E-state index contributed by atoms with van der Waals surface area (Å²) in [6, 6.07) is 13.9. The number of amides is 3. The number of carbonyl (C=O) groups is 2. The highest BCUT2D eigenvalue weighted by Crippen LogP contribution is 2.24. The van der Waals surface area contributed by atoms with Crippen LogP contribution in [0, 0.1) is 6.92 Å². The summed E-state index contributed by atoms with van der Waals surface area (Å²) in [6.07, 6.45) is 2.13. The predicted molar refractivity (Wildman–Crippen MR) is 97.1 cm³/mol. The molecule has 3 rings (SSSR count). The van der Waals surface area contributed by atoms with Crippen LogP contribution in [0.25, 0.3) is 0 Å². The van der Waals surface area contributed by atoms with Crippen LogP contribution >= 0.6 is 0 Å². The normalized spacial score (nSPS) is 14.4. The molecule has 1 aliphatic heterocycles. The predicted octanol–water partition coefficient (Wildman–Crippen LogP) is 3.24. The van der Waals surface area contributed by atoms with Crippen molar-refractivity contribution in [3.63, 3.8) is 0 Å². The molecule has 2 aromatic rings. The molecule has 0 saturated carbocycles. The van der Waals surface area contributed by atoms with Crippen LogP contribution in [0.15, 0.2) is 42.5 Å².